The third-order valence-electron chi connectivity index (χ3n) is 5.72. The van der Waals surface area contributed by atoms with Gasteiger partial charge >= 0.3 is 12.1 Å². The van der Waals surface area contributed by atoms with Crippen LogP contribution in [0, 0.1) is 20.8 Å². The van der Waals surface area contributed by atoms with E-state index in [1.165, 1.54) is 21.9 Å². The highest BCUT2D eigenvalue weighted by molar-refractivity contribution is 7.89. The molecule has 1 fully saturated rings. The first kappa shape index (κ1) is 24.6. The van der Waals surface area contributed by atoms with Crippen molar-refractivity contribution >= 4 is 22.1 Å². The molecule has 2 aromatic rings. The lowest BCUT2D eigenvalue weighted by molar-refractivity contribution is 0.0822. The van der Waals surface area contributed by atoms with Crippen LogP contribution in [-0.2, 0) is 21.3 Å². The fourth-order valence-electron chi connectivity index (χ4n) is 3.67. The number of carbonyl (C=O) groups is 2. The van der Waals surface area contributed by atoms with Crippen LogP contribution in [-0.4, -0.2) is 67.4 Å². The zero-order chi connectivity index (χ0) is 24.2. The quantitative estimate of drug-likeness (QED) is 0.661. The smallest absolute Gasteiger partial charge is 0.409 e. The van der Waals surface area contributed by atoms with E-state index in [4.69, 9.17) is 4.74 Å². The molecule has 0 radical (unpaired) electrons. The number of aryl methyl sites for hydroxylation is 3. The van der Waals surface area contributed by atoms with Gasteiger partial charge in [0.1, 0.15) is 0 Å². The summed E-state index contributed by atoms with van der Waals surface area (Å²) in [6.07, 6.45) is -0.427. The highest BCUT2D eigenvalue weighted by Gasteiger charge is 2.35. The van der Waals surface area contributed by atoms with Gasteiger partial charge in [0.05, 0.1) is 18.0 Å². The number of amides is 3. The van der Waals surface area contributed by atoms with Crippen molar-refractivity contribution in [3.8, 4) is 0 Å². The largest absolute Gasteiger partial charge is 0.450 e. The maximum Gasteiger partial charge on any atom is 0.409 e. The van der Waals surface area contributed by atoms with E-state index in [0.29, 0.717) is 0 Å². The molecular formula is C24H31N3O5S. The Morgan fingerprint density at radius 2 is 1.48 bits per heavy atom. The minimum Gasteiger partial charge on any atom is -0.450 e. The molecule has 0 atom stereocenters. The summed E-state index contributed by atoms with van der Waals surface area (Å²) < 4.78 is 33.1. The van der Waals surface area contributed by atoms with E-state index < -0.39 is 22.1 Å². The normalized spacial score (nSPS) is 14.2. The van der Waals surface area contributed by atoms with Crippen molar-refractivity contribution in [3.05, 3.63) is 64.7 Å². The lowest BCUT2D eigenvalue weighted by atomic mass is 10.1. The molecule has 1 aliphatic rings. The van der Waals surface area contributed by atoms with Crippen molar-refractivity contribution in [2.75, 3.05) is 32.8 Å². The molecule has 9 heteroatoms. The number of ether oxygens (including phenoxy) is 1. The number of rotatable bonds is 5. The van der Waals surface area contributed by atoms with Crippen molar-refractivity contribution in [2.24, 2.45) is 0 Å². The van der Waals surface area contributed by atoms with Crippen molar-refractivity contribution in [3.63, 3.8) is 0 Å². The maximum atomic E-state index is 13.6. The molecule has 1 aliphatic heterocycles. The van der Waals surface area contributed by atoms with Crippen LogP contribution in [0.3, 0.4) is 0 Å². The van der Waals surface area contributed by atoms with Gasteiger partial charge in [0.15, 0.2) is 0 Å². The van der Waals surface area contributed by atoms with E-state index in [2.05, 4.69) is 0 Å². The van der Waals surface area contributed by atoms with Gasteiger partial charge in [-0.25, -0.2) is 22.3 Å². The van der Waals surface area contributed by atoms with Crippen LogP contribution in [0.5, 0.6) is 0 Å². The van der Waals surface area contributed by atoms with E-state index in [1.807, 2.05) is 39.0 Å². The van der Waals surface area contributed by atoms with E-state index in [9.17, 15) is 18.0 Å². The fraction of sp³-hybridized carbons (Fsp3) is 0.417. The standard InChI is InChI=1S/C24H31N3O5S/c1-5-32-24(29)26-14-12-25(13-15-26)23(28)27(17-21-16-19(3)6-9-20(21)4)33(30,31)22-10-7-18(2)8-11-22/h6-11,16H,5,12-15,17H2,1-4H3. The molecule has 8 nitrogen and oxygen atoms in total. The number of piperazine rings is 1. The second kappa shape index (κ2) is 10.2. The zero-order valence-electron chi connectivity index (χ0n) is 19.6. The molecule has 0 aliphatic carbocycles. The van der Waals surface area contributed by atoms with Crippen LogP contribution in [0.25, 0.3) is 0 Å². The maximum absolute atomic E-state index is 13.6. The first-order chi connectivity index (χ1) is 15.6. The Balaban J connectivity index is 1.90. The van der Waals surface area contributed by atoms with Gasteiger partial charge in [0.25, 0.3) is 10.0 Å². The van der Waals surface area contributed by atoms with Gasteiger partial charge in [-0.3, -0.25) is 0 Å². The predicted molar refractivity (Wildman–Crippen MR) is 125 cm³/mol. The molecule has 3 amide bonds. The van der Waals surface area contributed by atoms with Gasteiger partial charge in [0, 0.05) is 26.2 Å². The summed E-state index contributed by atoms with van der Waals surface area (Å²) in [6.45, 7) is 8.66. The number of carbonyl (C=O) groups excluding carboxylic acids is 2. The van der Waals surface area contributed by atoms with Gasteiger partial charge in [-0.15, -0.1) is 0 Å². The molecule has 1 heterocycles. The lowest BCUT2D eigenvalue weighted by Crippen LogP contribution is -2.55. The Labute approximate surface area is 195 Å². The molecule has 0 unspecified atom stereocenters. The minimum absolute atomic E-state index is 0.0666. The van der Waals surface area contributed by atoms with E-state index in [0.717, 1.165) is 26.6 Å². The molecule has 0 bridgehead atoms. The van der Waals surface area contributed by atoms with Crippen LogP contribution in [0.2, 0.25) is 0 Å². The first-order valence-corrected chi connectivity index (χ1v) is 12.4. The molecule has 0 aromatic heterocycles. The van der Waals surface area contributed by atoms with Crippen LogP contribution in [0.15, 0.2) is 47.4 Å². The van der Waals surface area contributed by atoms with Crippen LogP contribution in [0.1, 0.15) is 29.2 Å². The Hall–Kier alpha value is -3.07. The van der Waals surface area contributed by atoms with Crippen molar-refractivity contribution in [1.82, 2.24) is 14.1 Å². The number of sulfonamides is 1. The Kier molecular flexibility index (Phi) is 7.63. The van der Waals surface area contributed by atoms with Gasteiger partial charge in [-0.1, -0.05) is 41.5 Å². The van der Waals surface area contributed by atoms with Crippen molar-refractivity contribution in [2.45, 2.75) is 39.1 Å². The summed E-state index contributed by atoms with van der Waals surface area (Å²) in [6, 6.07) is 11.6. The fourth-order valence-corrected chi connectivity index (χ4v) is 5.04. The summed E-state index contributed by atoms with van der Waals surface area (Å²) in [5, 5.41) is 0. The molecule has 3 rings (SSSR count). The van der Waals surface area contributed by atoms with Crippen molar-refractivity contribution < 1.29 is 22.7 Å². The minimum atomic E-state index is -4.10. The van der Waals surface area contributed by atoms with Crippen molar-refractivity contribution in [1.29, 1.82) is 0 Å². The summed E-state index contributed by atoms with van der Waals surface area (Å²) >= 11 is 0. The second-order valence-corrected chi connectivity index (χ2v) is 10.1. The SMILES string of the molecule is CCOC(=O)N1CCN(C(=O)N(Cc2cc(C)ccc2C)S(=O)(=O)c2ccc(C)cc2)CC1. The summed E-state index contributed by atoms with van der Waals surface area (Å²) in [4.78, 5) is 28.6. The molecule has 33 heavy (non-hydrogen) atoms. The van der Waals surface area contributed by atoms with E-state index in [1.54, 1.807) is 19.1 Å². The monoisotopic (exact) mass is 473 g/mol. The number of hydrogen-bond donors (Lipinski definition) is 0. The first-order valence-electron chi connectivity index (χ1n) is 11.0. The van der Waals surface area contributed by atoms with Gasteiger partial charge in [0.2, 0.25) is 0 Å². The lowest BCUT2D eigenvalue weighted by Gasteiger charge is -2.36. The zero-order valence-corrected chi connectivity index (χ0v) is 20.4. The summed E-state index contributed by atoms with van der Waals surface area (Å²) in [5.41, 5.74) is 3.59. The molecular weight excluding hydrogens is 442 g/mol. The average Bonchev–Trinajstić information content (AvgIpc) is 2.79. The molecule has 0 saturated carbocycles. The Morgan fingerprint density at radius 3 is 2.09 bits per heavy atom. The van der Waals surface area contributed by atoms with Gasteiger partial charge in [-0.2, -0.15) is 0 Å². The Bertz CT molecular complexity index is 1110. The van der Waals surface area contributed by atoms with Gasteiger partial charge in [-0.05, 0) is 51.0 Å². The van der Waals surface area contributed by atoms with Crippen LogP contribution >= 0.6 is 0 Å². The number of hydrogen-bond acceptors (Lipinski definition) is 5. The highest BCUT2D eigenvalue weighted by Crippen LogP contribution is 2.23. The van der Waals surface area contributed by atoms with E-state index in [-0.39, 0.29) is 44.2 Å². The number of benzene rings is 2. The molecule has 0 N–H and O–H groups in total. The predicted octanol–water partition coefficient (Wildman–Crippen LogP) is 3.70. The molecule has 0 spiro atoms. The van der Waals surface area contributed by atoms with Crippen LogP contribution in [0.4, 0.5) is 9.59 Å². The topological polar surface area (TPSA) is 87.2 Å². The summed E-state index contributed by atoms with van der Waals surface area (Å²) in [5.74, 6) is 0. The number of nitrogens with zero attached hydrogens (tertiary/aromatic N) is 3. The third-order valence-corrected chi connectivity index (χ3v) is 7.45. The molecule has 1 saturated heterocycles. The van der Waals surface area contributed by atoms with Crippen LogP contribution < -0.4 is 0 Å². The van der Waals surface area contributed by atoms with Gasteiger partial charge < -0.3 is 14.5 Å². The average molecular weight is 474 g/mol. The summed E-state index contributed by atoms with van der Waals surface area (Å²) in [7, 11) is -4.10. The second-order valence-electron chi connectivity index (χ2n) is 8.21. The highest BCUT2D eigenvalue weighted by atomic mass is 32.2. The molecule has 2 aromatic carbocycles. The third kappa shape index (κ3) is 5.65. The Morgan fingerprint density at radius 1 is 0.909 bits per heavy atom. The van der Waals surface area contributed by atoms with E-state index >= 15 is 0 Å². The number of urea groups is 1. The molecule has 178 valence electrons.